The summed E-state index contributed by atoms with van der Waals surface area (Å²) < 4.78 is 0. The van der Waals surface area contributed by atoms with E-state index in [1.807, 2.05) is 4.90 Å². The van der Waals surface area contributed by atoms with Crippen LogP contribution in [0.2, 0.25) is 0 Å². The highest BCUT2D eigenvalue weighted by atomic mass is 16.4. The fraction of sp³-hybridized carbons (Fsp3) is 0.875. The van der Waals surface area contributed by atoms with Crippen LogP contribution in [-0.4, -0.2) is 41.6 Å². The van der Waals surface area contributed by atoms with Gasteiger partial charge in [-0.1, -0.05) is 33.1 Å². The molecule has 5 heteroatoms. The number of carbonyl (C=O) groups excluding carboxylic acids is 1. The number of rotatable bonds is 4. The number of amides is 2. The van der Waals surface area contributed by atoms with Crippen molar-refractivity contribution in [3.8, 4) is 0 Å². The summed E-state index contributed by atoms with van der Waals surface area (Å²) in [6.45, 7) is 6.42. The third-order valence-electron chi connectivity index (χ3n) is 5.02. The van der Waals surface area contributed by atoms with Crippen molar-refractivity contribution in [2.75, 3.05) is 19.6 Å². The lowest BCUT2D eigenvalue weighted by Gasteiger charge is -2.36. The summed E-state index contributed by atoms with van der Waals surface area (Å²) in [6, 6.07) is -0.0316. The first-order valence-corrected chi connectivity index (χ1v) is 8.07. The van der Waals surface area contributed by atoms with Gasteiger partial charge >= 0.3 is 12.0 Å². The van der Waals surface area contributed by atoms with Gasteiger partial charge in [-0.05, 0) is 30.1 Å². The Hall–Kier alpha value is -1.26. The van der Waals surface area contributed by atoms with Crippen LogP contribution in [0.25, 0.3) is 0 Å². The summed E-state index contributed by atoms with van der Waals surface area (Å²) in [6.07, 6.45) is 6.32. The van der Waals surface area contributed by atoms with E-state index in [4.69, 9.17) is 5.11 Å². The van der Waals surface area contributed by atoms with Gasteiger partial charge in [0.2, 0.25) is 0 Å². The highest BCUT2D eigenvalue weighted by Gasteiger charge is 2.36. The molecule has 2 amide bonds. The maximum Gasteiger partial charge on any atom is 0.317 e. The zero-order chi connectivity index (χ0) is 15.5. The maximum atomic E-state index is 12.3. The van der Waals surface area contributed by atoms with Gasteiger partial charge in [0.15, 0.2) is 0 Å². The van der Waals surface area contributed by atoms with E-state index in [2.05, 4.69) is 19.2 Å². The van der Waals surface area contributed by atoms with Crippen LogP contribution in [0, 0.1) is 10.8 Å². The third-order valence-corrected chi connectivity index (χ3v) is 5.02. The lowest BCUT2D eigenvalue weighted by atomic mass is 9.72. The highest BCUT2D eigenvalue weighted by molar-refractivity contribution is 5.75. The summed E-state index contributed by atoms with van der Waals surface area (Å²) in [7, 11) is 0. The number of carboxylic acid groups (broad SMARTS) is 1. The number of likely N-dealkylation sites (tertiary alicyclic amines) is 1. The molecule has 0 aromatic rings. The smallest absolute Gasteiger partial charge is 0.317 e. The van der Waals surface area contributed by atoms with E-state index in [0.29, 0.717) is 6.54 Å². The van der Waals surface area contributed by atoms with Crippen molar-refractivity contribution in [2.24, 2.45) is 10.8 Å². The Morgan fingerprint density at radius 2 is 1.81 bits per heavy atom. The monoisotopic (exact) mass is 296 g/mol. The molecule has 0 unspecified atom stereocenters. The number of carboxylic acids is 1. The number of hydrogen-bond acceptors (Lipinski definition) is 2. The summed E-state index contributed by atoms with van der Waals surface area (Å²) in [4.78, 5) is 25.3. The minimum absolute atomic E-state index is 0.0316. The summed E-state index contributed by atoms with van der Waals surface area (Å²) >= 11 is 0. The predicted octanol–water partition coefficient (Wildman–Crippen LogP) is 2.85. The van der Waals surface area contributed by atoms with Gasteiger partial charge in [-0.2, -0.15) is 0 Å². The molecule has 0 spiro atoms. The Labute approximate surface area is 127 Å². The molecule has 1 saturated carbocycles. The molecular formula is C16H28N2O3. The Bertz CT molecular complexity index is 400. The first-order chi connectivity index (χ1) is 9.82. The van der Waals surface area contributed by atoms with Crippen molar-refractivity contribution >= 4 is 12.0 Å². The molecule has 5 nitrogen and oxygen atoms in total. The van der Waals surface area contributed by atoms with Crippen molar-refractivity contribution in [1.82, 2.24) is 10.2 Å². The molecule has 120 valence electrons. The average molecular weight is 296 g/mol. The van der Waals surface area contributed by atoms with Crippen molar-refractivity contribution < 1.29 is 14.7 Å². The standard InChI is InChI=1S/C16H28N2O3/c1-15(2)8-9-18(12-15)14(21)17-11-16(10-13(19)20)6-4-3-5-7-16/h3-12H2,1-2H3,(H,17,21)(H,19,20). The summed E-state index contributed by atoms with van der Waals surface area (Å²) in [5.74, 6) is -0.756. The van der Waals surface area contributed by atoms with E-state index >= 15 is 0 Å². The molecule has 0 aromatic carbocycles. The first kappa shape index (κ1) is 16.1. The van der Waals surface area contributed by atoms with Crippen LogP contribution in [0.4, 0.5) is 4.79 Å². The topological polar surface area (TPSA) is 69.6 Å². The van der Waals surface area contributed by atoms with Crippen LogP contribution in [0.3, 0.4) is 0 Å². The molecule has 2 rings (SSSR count). The van der Waals surface area contributed by atoms with Crippen LogP contribution in [0.5, 0.6) is 0 Å². The number of hydrogen-bond donors (Lipinski definition) is 2. The van der Waals surface area contributed by atoms with Crippen molar-refractivity contribution in [2.45, 2.75) is 58.8 Å². The van der Waals surface area contributed by atoms with Crippen molar-refractivity contribution in [3.05, 3.63) is 0 Å². The highest BCUT2D eigenvalue weighted by Crippen LogP contribution is 2.39. The third kappa shape index (κ3) is 4.35. The molecule has 2 N–H and O–H groups in total. The van der Waals surface area contributed by atoms with Gasteiger partial charge in [0, 0.05) is 19.6 Å². The molecule has 0 radical (unpaired) electrons. The predicted molar refractivity (Wildman–Crippen MR) is 81.1 cm³/mol. The quantitative estimate of drug-likeness (QED) is 0.838. The number of nitrogens with zero attached hydrogens (tertiary/aromatic N) is 1. The lowest BCUT2D eigenvalue weighted by Crippen LogP contribution is -2.45. The molecule has 1 aliphatic heterocycles. The minimum Gasteiger partial charge on any atom is -0.481 e. The zero-order valence-corrected chi connectivity index (χ0v) is 13.3. The van der Waals surface area contributed by atoms with Crippen LogP contribution in [0.1, 0.15) is 58.8 Å². The average Bonchev–Trinajstić information content (AvgIpc) is 2.77. The normalized spacial score (nSPS) is 23.8. The summed E-state index contributed by atoms with van der Waals surface area (Å²) in [5.41, 5.74) is -0.0457. The van der Waals surface area contributed by atoms with Gasteiger partial charge in [-0.25, -0.2) is 4.79 Å². The minimum atomic E-state index is -0.756. The second-order valence-electron chi connectivity index (χ2n) is 7.63. The fourth-order valence-corrected chi connectivity index (χ4v) is 3.70. The molecule has 1 heterocycles. The van der Waals surface area contributed by atoms with Gasteiger partial charge in [0.25, 0.3) is 0 Å². The van der Waals surface area contributed by atoms with Crippen molar-refractivity contribution in [3.63, 3.8) is 0 Å². The molecular weight excluding hydrogens is 268 g/mol. The van der Waals surface area contributed by atoms with Gasteiger partial charge < -0.3 is 15.3 Å². The SMILES string of the molecule is CC1(C)CCN(C(=O)NCC2(CC(=O)O)CCCCC2)C1. The van der Waals surface area contributed by atoms with E-state index < -0.39 is 5.97 Å². The van der Waals surface area contributed by atoms with Crippen LogP contribution in [0.15, 0.2) is 0 Å². The lowest BCUT2D eigenvalue weighted by molar-refractivity contribution is -0.140. The van der Waals surface area contributed by atoms with Gasteiger partial charge in [0.1, 0.15) is 0 Å². The van der Waals surface area contributed by atoms with Crippen LogP contribution in [-0.2, 0) is 4.79 Å². The molecule has 2 fully saturated rings. The Kier molecular flexibility index (Phi) is 4.79. The van der Waals surface area contributed by atoms with E-state index in [1.54, 1.807) is 0 Å². The van der Waals surface area contributed by atoms with E-state index in [9.17, 15) is 9.59 Å². The number of nitrogens with one attached hydrogen (secondary N) is 1. The zero-order valence-electron chi connectivity index (χ0n) is 13.3. The second kappa shape index (κ2) is 6.24. The van der Waals surface area contributed by atoms with E-state index in [0.717, 1.165) is 45.2 Å². The second-order valence-corrected chi connectivity index (χ2v) is 7.63. The molecule has 0 aromatic heterocycles. The van der Waals surface area contributed by atoms with Gasteiger partial charge in [-0.15, -0.1) is 0 Å². The van der Waals surface area contributed by atoms with Crippen molar-refractivity contribution in [1.29, 1.82) is 0 Å². The first-order valence-electron chi connectivity index (χ1n) is 8.07. The number of carbonyl (C=O) groups is 2. The number of aliphatic carboxylic acids is 1. The van der Waals surface area contributed by atoms with Gasteiger partial charge in [-0.3, -0.25) is 4.79 Å². The molecule has 1 aliphatic carbocycles. The molecule has 0 bridgehead atoms. The summed E-state index contributed by atoms with van der Waals surface area (Å²) in [5, 5.41) is 12.2. The molecule has 0 atom stereocenters. The van der Waals surface area contributed by atoms with E-state index in [-0.39, 0.29) is 23.3 Å². The molecule has 21 heavy (non-hydrogen) atoms. The largest absolute Gasteiger partial charge is 0.481 e. The Morgan fingerprint density at radius 3 is 2.33 bits per heavy atom. The number of urea groups is 1. The maximum absolute atomic E-state index is 12.3. The Balaban J connectivity index is 1.89. The van der Waals surface area contributed by atoms with Crippen LogP contribution < -0.4 is 5.32 Å². The fourth-order valence-electron chi connectivity index (χ4n) is 3.70. The molecule has 1 saturated heterocycles. The van der Waals surface area contributed by atoms with E-state index in [1.165, 1.54) is 6.42 Å². The van der Waals surface area contributed by atoms with Gasteiger partial charge in [0.05, 0.1) is 6.42 Å². The Morgan fingerprint density at radius 1 is 1.14 bits per heavy atom. The van der Waals surface area contributed by atoms with Crippen LogP contribution >= 0.6 is 0 Å². The molecule has 2 aliphatic rings.